The van der Waals surface area contributed by atoms with Crippen molar-refractivity contribution in [2.24, 2.45) is 0 Å². The highest BCUT2D eigenvalue weighted by molar-refractivity contribution is 5.97. The lowest BCUT2D eigenvalue weighted by Gasteiger charge is -2.27. The standard InChI is InChI=1S/C18H22N2O3/c1-13-19-16(17(23-13)14-8-4-3-5-9-14)18(21)20(2)12-15-10-6-7-11-22-15/h3-5,8-9,15H,6-7,10-12H2,1-2H3. The van der Waals surface area contributed by atoms with E-state index in [1.165, 1.54) is 0 Å². The number of carbonyl (C=O) groups excluding carboxylic acids is 1. The first-order valence-corrected chi connectivity index (χ1v) is 8.05. The third-order valence-corrected chi connectivity index (χ3v) is 4.07. The summed E-state index contributed by atoms with van der Waals surface area (Å²) in [7, 11) is 1.79. The third kappa shape index (κ3) is 3.62. The first kappa shape index (κ1) is 15.7. The number of oxazole rings is 1. The maximum Gasteiger partial charge on any atom is 0.276 e. The first-order valence-electron chi connectivity index (χ1n) is 8.05. The summed E-state index contributed by atoms with van der Waals surface area (Å²) >= 11 is 0. The fraction of sp³-hybridized carbons (Fsp3) is 0.444. The van der Waals surface area contributed by atoms with Crippen LogP contribution in [0.2, 0.25) is 0 Å². The van der Waals surface area contributed by atoms with E-state index in [0.717, 1.165) is 31.4 Å². The second kappa shape index (κ2) is 6.96. The third-order valence-electron chi connectivity index (χ3n) is 4.07. The SMILES string of the molecule is Cc1nc(C(=O)N(C)CC2CCCCO2)c(-c2ccccc2)o1. The van der Waals surface area contributed by atoms with Crippen molar-refractivity contribution in [1.29, 1.82) is 0 Å². The lowest BCUT2D eigenvalue weighted by atomic mass is 10.1. The van der Waals surface area contributed by atoms with Gasteiger partial charge in [-0.05, 0) is 19.3 Å². The van der Waals surface area contributed by atoms with Crippen molar-refractivity contribution in [2.45, 2.75) is 32.3 Å². The second-order valence-electron chi connectivity index (χ2n) is 5.95. The number of hydrogen-bond donors (Lipinski definition) is 0. The number of benzene rings is 1. The van der Waals surface area contributed by atoms with Crippen LogP contribution in [0.5, 0.6) is 0 Å². The van der Waals surface area contributed by atoms with Gasteiger partial charge in [0.15, 0.2) is 17.3 Å². The van der Waals surface area contributed by atoms with Crippen molar-refractivity contribution in [1.82, 2.24) is 9.88 Å². The molecule has 3 rings (SSSR count). The number of amides is 1. The van der Waals surface area contributed by atoms with E-state index in [2.05, 4.69) is 4.98 Å². The molecule has 0 bridgehead atoms. The second-order valence-corrected chi connectivity index (χ2v) is 5.95. The van der Waals surface area contributed by atoms with Gasteiger partial charge in [-0.1, -0.05) is 30.3 Å². The van der Waals surface area contributed by atoms with E-state index in [4.69, 9.17) is 9.15 Å². The highest BCUT2D eigenvalue weighted by Crippen LogP contribution is 2.26. The van der Waals surface area contributed by atoms with Crippen LogP contribution < -0.4 is 0 Å². The molecule has 2 aromatic rings. The van der Waals surface area contributed by atoms with E-state index >= 15 is 0 Å². The van der Waals surface area contributed by atoms with E-state index in [0.29, 0.717) is 23.9 Å². The molecule has 1 aliphatic heterocycles. The van der Waals surface area contributed by atoms with Crippen LogP contribution in [0.1, 0.15) is 35.6 Å². The number of ether oxygens (including phenoxy) is 1. The topological polar surface area (TPSA) is 55.6 Å². The van der Waals surface area contributed by atoms with Crippen molar-refractivity contribution in [2.75, 3.05) is 20.2 Å². The molecule has 1 aromatic heterocycles. The molecule has 0 saturated carbocycles. The Bertz CT molecular complexity index is 660. The van der Waals surface area contributed by atoms with Gasteiger partial charge in [0.25, 0.3) is 5.91 Å². The summed E-state index contributed by atoms with van der Waals surface area (Å²) in [5.41, 5.74) is 1.23. The summed E-state index contributed by atoms with van der Waals surface area (Å²) in [5.74, 6) is 0.897. The van der Waals surface area contributed by atoms with Gasteiger partial charge in [0.1, 0.15) is 0 Å². The van der Waals surface area contributed by atoms with E-state index in [1.54, 1.807) is 18.9 Å². The van der Waals surface area contributed by atoms with E-state index in [1.807, 2.05) is 30.3 Å². The van der Waals surface area contributed by atoms with Crippen molar-refractivity contribution in [3.05, 3.63) is 41.9 Å². The van der Waals surface area contributed by atoms with E-state index in [-0.39, 0.29) is 12.0 Å². The monoisotopic (exact) mass is 314 g/mol. The number of rotatable bonds is 4. The highest BCUT2D eigenvalue weighted by atomic mass is 16.5. The van der Waals surface area contributed by atoms with Crippen LogP contribution in [0.3, 0.4) is 0 Å². The van der Waals surface area contributed by atoms with Gasteiger partial charge in [0, 0.05) is 32.7 Å². The van der Waals surface area contributed by atoms with Crippen LogP contribution in [-0.2, 0) is 4.74 Å². The van der Waals surface area contributed by atoms with Crippen LogP contribution in [0.25, 0.3) is 11.3 Å². The summed E-state index contributed by atoms with van der Waals surface area (Å²) in [4.78, 5) is 18.8. The molecule has 1 atom stereocenters. The number of carbonyl (C=O) groups is 1. The molecule has 0 aliphatic carbocycles. The molecule has 122 valence electrons. The van der Waals surface area contributed by atoms with E-state index < -0.39 is 0 Å². The van der Waals surface area contributed by atoms with Gasteiger partial charge in [-0.15, -0.1) is 0 Å². The normalized spacial score (nSPS) is 17.9. The van der Waals surface area contributed by atoms with Crippen LogP contribution in [0.15, 0.2) is 34.7 Å². The maximum absolute atomic E-state index is 12.8. The summed E-state index contributed by atoms with van der Waals surface area (Å²) in [6.45, 7) is 3.12. The van der Waals surface area contributed by atoms with Crippen LogP contribution in [-0.4, -0.2) is 42.1 Å². The Hall–Kier alpha value is -2.14. The smallest absolute Gasteiger partial charge is 0.276 e. The zero-order chi connectivity index (χ0) is 16.2. The molecule has 0 spiro atoms. The lowest BCUT2D eigenvalue weighted by molar-refractivity contribution is -0.000275. The minimum Gasteiger partial charge on any atom is -0.440 e. The Balaban J connectivity index is 1.79. The molecular formula is C18H22N2O3. The summed E-state index contributed by atoms with van der Waals surface area (Å²) in [5, 5.41) is 0. The lowest BCUT2D eigenvalue weighted by Crippen LogP contribution is -2.37. The number of aryl methyl sites for hydroxylation is 1. The van der Waals surface area contributed by atoms with Gasteiger partial charge in [0.05, 0.1) is 6.10 Å². The molecule has 5 nitrogen and oxygen atoms in total. The van der Waals surface area contributed by atoms with Crippen molar-refractivity contribution in [3.8, 4) is 11.3 Å². The number of nitrogens with zero attached hydrogens (tertiary/aromatic N) is 2. The van der Waals surface area contributed by atoms with E-state index in [9.17, 15) is 4.79 Å². The molecule has 23 heavy (non-hydrogen) atoms. The van der Waals surface area contributed by atoms with Gasteiger partial charge in [-0.25, -0.2) is 4.98 Å². The Morgan fingerprint density at radius 3 is 2.78 bits per heavy atom. The Morgan fingerprint density at radius 2 is 2.09 bits per heavy atom. The number of aromatic nitrogens is 1. The molecule has 1 unspecified atom stereocenters. The molecule has 0 N–H and O–H groups in total. The summed E-state index contributed by atoms with van der Waals surface area (Å²) in [6.07, 6.45) is 3.38. The van der Waals surface area contributed by atoms with Crippen LogP contribution in [0.4, 0.5) is 0 Å². The van der Waals surface area contributed by atoms with Crippen molar-refractivity contribution in [3.63, 3.8) is 0 Å². The first-order chi connectivity index (χ1) is 11.1. The molecule has 0 radical (unpaired) electrons. The van der Waals surface area contributed by atoms with Gasteiger partial charge in [0.2, 0.25) is 0 Å². The molecule has 1 fully saturated rings. The van der Waals surface area contributed by atoms with Crippen LogP contribution >= 0.6 is 0 Å². The predicted octanol–water partition coefficient (Wildman–Crippen LogP) is 3.29. The van der Waals surface area contributed by atoms with Crippen molar-refractivity contribution < 1.29 is 13.9 Å². The Kier molecular flexibility index (Phi) is 4.76. The van der Waals surface area contributed by atoms with Crippen molar-refractivity contribution >= 4 is 5.91 Å². The molecular weight excluding hydrogens is 292 g/mol. The Morgan fingerprint density at radius 1 is 1.30 bits per heavy atom. The summed E-state index contributed by atoms with van der Waals surface area (Å²) in [6, 6.07) is 9.60. The minimum atomic E-state index is -0.130. The quantitative estimate of drug-likeness (QED) is 0.869. The number of likely N-dealkylation sites (N-methyl/N-ethyl adjacent to an activating group) is 1. The Labute approximate surface area is 136 Å². The summed E-state index contributed by atoms with van der Waals surface area (Å²) < 4.78 is 11.4. The zero-order valence-corrected chi connectivity index (χ0v) is 13.6. The molecule has 1 aliphatic rings. The molecule has 1 aromatic carbocycles. The molecule has 5 heteroatoms. The average molecular weight is 314 g/mol. The fourth-order valence-corrected chi connectivity index (χ4v) is 2.88. The molecule has 1 saturated heterocycles. The molecule has 1 amide bonds. The largest absolute Gasteiger partial charge is 0.440 e. The van der Waals surface area contributed by atoms with Gasteiger partial charge < -0.3 is 14.1 Å². The van der Waals surface area contributed by atoms with Gasteiger partial charge in [-0.2, -0.15) is 0 Å². The van der Waals surface area contributed by atoms with Gasteiger partial charge >= 0.3 is 0 Å². The maximum atomic E-state index is 12.8. The minimum absolute atomic E-state index is 0.117. The van der Waals surface area contributed by atoms with Crippen LogP contribution in [0, 0.1) is 6.92 Å². The zero-order valence-electron chi connectivity index (χ0n) is 13.6. The fourth-order valence-electron chi connectivity index (χ4n) is 2.88. The highest BCUT2D eigenvalue weighted by Gasteiger charge is 2.25. The van der Waals surface area contributed by atoms with Gasteiger partial charge in [-0.3, -0.25) is 4.79 Å². The molecule has 2 heterocycles. The predicted molar refractivity (Wildman–Crippen MR) is 87.2 cm³/mol. The average Bonchev–Trinajstić information content (AvgIpc) is 2.97. The number of hydrogen-bond acceptors (Lipinski definition) is 4.